The number of aliphatic hydroxyl groups is 1. The molecule has 1 aromatic carbocycles. The van der Waals surface area contributed by atoms with Crippen molar-refractivity contribution < 1.29 is 14.4 Å². The van der Waals surface area contributed by atoms with Gasteiger partial charge in [0.1, 0.15) is 0 Å². The zero-order chi connectivity index (χ0) is 15.8. The third-order valence-corrected chi connectivity index (χ3v) is 3.57. The van der Waals surface area contributed by atoms with Crippen molar-refractivity contribution in [1.82, 2.24) is 4.57 Å². The van der Waals surface area contributed by atoms with Crippen molar-refractivity contribution >= 4 is 16.6 Å². The van der Waals surface area contributed by atoms with Crippen LogP contribution in [0.4, 0.5) is 10.1 Å². The summed E-state index contributed by atoms with van der Waals surface area (Å²) in [5.41, 5.74) is 0.230. The van der Waals surface area contributed by atoms with E-state index in [9.17, 15) is 19.6 Å². The predicted molar refractivity (Wildman–Crippen MR) is 78.9 cm³/mol. The first kappa shape index (κ1) is 15.2. The number of halogens is 1. The Hall–Kier alpha value is -2.21. The van der Waals surface area contributed by atoms with Crippen molar-refractivity contribution in [1.29, 1.82) is 0 Å². The maximum atomic E-state index is 13.8. The van der Waals surface area contributed by atoms with Gasteiger partial charge in [-0.1, -0.05) is 19.9 Å². The standard InChI is InChI=1S/C15H17FN2O3/c1-4-5-17-12-8-11(16)13(18(20)21)6-10(12)7-14(17)15(2,3)9-19/h4,6-8,19H,1,5,9H2,2-3H3. The molecule has 0 atom stereocenters. The maximum absolute atomic E-state index is 13.8. The molecule has 1 aromatic heterocycles. The summed E-state index contributed by atoms with van der Waals surface area (Å²) >= 11 is 0. The second-order valence-electron chi connectivity index (χ2n) is 5.59. The summed E-state index contributed by atoms with van der Waals surface area (Å²) in [6, 6.07) is 4.14. The van der Waals surface area contributed by atoms with E-state index in [0.29, 0.717) is 17.4 Å². The second-order valence-corrected chi connectivity index (χ2v) is 5.59. The number of hydrogen-bond acceptors (Lipinski definition) is 3. The number of benzene rings is 1. The molecule has 0 aliphatic rings. The molecular weight excluding hydrogens is 275 g/mol. The van der Waals surface area contributed by atoms with Gasteiger partial charge < -0.3 is 9.67 Å². The summed E-state index contributed by atoms with van der Waals surface area (Å²) in [6.07, 6.45) is 1.66. The number of aliphatic hydroxyl groups excluding tert-OH is 1. The monoisotopic (exact) mass is 292 g/mol. The molecule has 1 heterocycles. The van der Waals surface area contributed by atoms with Crippen molar-refractivity contribution in [3.8, 4) is 0 Å². The van der Waals surface area contributed by atoms with Crippen molar-refractivity contribution in [2.75, 3.05) is 6.61 Å². The van der Waals surface area contributed by atoms with E-state index >= 15 is 0 Å². The molecule has 2 rings (SSSR count). The molecule has 0 aliphatic heterocycles. The van der Waals surface area contributed by atoms with Crippen LogP contribution in [-0.4, -0.2) is 21.2 Å². The van der Waals surface area contributed by atoms with Gasteiger partial charge in [0.25, 0.3) is 0 Å². The number of fused-ring (bicyclic) bond motifs is 1. The Balaban J connectivity index is 2.79. The third-order valence-electron chi connectivity index (χ3n) is 3.57. The van der Waals surface area contributed by atoms with Crippen molar-refractivity contribution in [2.24, 2.45) is 0 Å². The van der Waals surface area contributed by atoms with Gasteiger partial charge in [0.05, 0.1) is 17.0 Å². The lowest BCUT2D eigenvalue weighted by Gasteiger charge is -2.24. The Morgan fingerprint density at radius 3 is 2.67 bits per heavy atom. The Morgan fingerprint density at radius 1 is 1.48 bits per heavy atom. The molecule has 1 N–H and O–H groups in total. The molecule has 0 unspecified atom stereocenters. The average Bonchev–Trinajstić information content (AvgIpc) is 2.77. The van der Waals surface area contributed by atoms with E-state index in [1.54, 1.807) is 12.1 Å². The molecule has 0 aliphatic carbocycles. The fourth-order valence-electron chi connectivity index (χ4n) is 2.38. The highest BCUT2D eigenvalue weighted by atomic mass is 19.1. The van der Waals surface area contributed by atoms with E-state index in [4.69, 9.17) is 0 Å². The van der Waals surface area contributed by atoms with Gasteiger partial charge in [0.2, 0.25) is 5.82 Å². The quantitative estimate of drug-likeness (QED) is 0.523. The minimum absolute atomic E-state index is 0.0922. The molecule has 0 radical (unpaired) electrons. The summed E-state index contributed by atoms with van der Waals surface area (Å²) in [5.74, 6) is -0.871. The minimum Gasteiger partial charge on any atom is -0.395 e. The molecule has 0 fully saturated rings. The van der Waals surface area contributed by atoms with E-state index in [2.05, 4.69) is 6.58 Å². The summed E-state index contributed by atoms with van der Waals surface area (Å²) in [5, 5.41) is 21.0. The molecule has 0 amide bonds. The fraction of sp³-hybridized carbons (Fsp3) is 0.333. The zero-order valence-corrected chi connectivity index (χ0v) is 12.0. The Labute approximate surface area is 121 Å². The first-order chi connectivity index (χ1) is 9.81. The summed E-state index contributed by atoms with van der Waals surface area (Å²) in [7, 11) is 0. The molecule has 21 heavy (non-hydrogen) atoms. The van der Waals surface area contributed by atoms with Crippen LogP contribution in [0.5, 0.6) is 0 Å². The van der Waals surface area contributed by atoms with Crippen LogP contribution >= 0.6 is 0 Å². The van der Waals surface area contributed by atoms with Gasteiger partial charge in [0, 0.05) is 35.2 Å². The van der Waals surface area contributed by atoms with Gasteiger partial charge in [-0.2, -0.15) is 4.39 Å². The number of rotatable bonds is 5. The van der Waals surface area contributed by atoms with E-state index in [1.165, 1.54) is 6.07 Å². The van der Waals surface area contributed by atoms with Crippen LogP contribution < -0.4 is 0 Å². The summed E-state index contributed by atoms with van der Waals surface area (Å²) in [6.45, 7) is 7.72. The Bertz CT molecular complexity index is 719. The van der Waals surface area contributed by atoms with Crippen molar-refractivity contribution in [3.05, 3.63) is 52.5 Å². The minimum atomic E-state index is -0.871. The summed E-state index contributed by atoms with van der Waals surface area (Å²) < 4.78 is 15.7. The molecule has 112 valence electrons. The van der Waals surface area contributed by atoms with Crippen LogP contribution in [0.2, 0.25) is 0 Å². The molecular formula is C15H17FN2O3. The Morgan fingerprint density at radius 2 is 2.14 bits per heavy atom. The molecule has 2 aromatic rings. The predicted octanol–water partition coefficient (Wildman–Crippen LogP) is 3.14. The van der Waals surface area contributed by atoms with E-state index in [0.717, 1.165) is 11.8 Å². The third kappa shape index (κ3) is 2.54. The van der Waals surface area contributed by atoms with Gasteiger partial charge in [-0.25, -0.2) is 0 Å². The van der Waals surface area contributed by atoms with Crippen LogP contribution in [0.15, 0.2) is 30.9 Å². The molecule has 0 saturated heterocycles. The fourth-order valence-corrected chi connectivity index (χ4v) is 2.38. The van der Waals surface area contributed by atoms with Crippen LogP contribution in [0.1, 0.15) is 19.5 Å². The lowest BCUT2D eigenvalue weighted by atomic mass is 9.90. The highest BCUT2D eigenvalue weighted by Gasteiger charge is 2.26. The molecule has 5 nitrogen and oxygen atoms in total. The van der Waals surface area contributed by atoms with Crippen LogP contribution in [0.3, 0.4) is 0 Å². The van der Waals surface area contributed by atoms with Crippen LogP contribution in [0, 0.1) is 15.9 Å². The van der Waals surface area contributed by atoms with Gasteiger partial charge in [-0.05, 0) is 6.07 Å². The number of hydrogen-bond donors (Lipinski definition) is 1. The zero-order valence-electron chi connectivity index (χ0n) is 12.0. The number of nitro groups is 1. The van der Waals surface area contributed by atoms with Crippen molar-refractivity contribution in [3.63, 3.8) is 0 Å². The van der Waals surface area contributed by atoms with Crippen molar-refractivity contribution in [2.45, 2.75) is 25.8 Å². The van der Waals surface area contributed by atoms with Gasteiger partial charge >= 0.3 is 5.69 Å². The van der Waals surface area contributed by atoms with E-state index in [1.807, 2.05) is 18.4 Å². The van der Waals surface area contributed by atoms with E-state index < -0.39 is 21.8 Å². The largest absolute Gasteiger partial charge is 0.395 e. The Kier molecular flexibility index (Phi) is 3.82. The van der Waals surface area contributed by atoms with Gasteiger partial charge in [-0.15, -0.1) is 6.58 Å². The SMILES string of the molecule is C=CCn1c(C(C)(C)CO)cc2cc([N+](=O)[O-])c(F)cc21. The van der Waals surface area contributed by atoms with Crippen LogP contribution in [-0.2, 0) is 12.0 Å². The number of aromatic nitrogens is 1. The first-order valence-corrected chi connectivity index (χ1v) is 6.51. The number of nitro benzene ring substituents is 1. The first-order valence-electron chi connectivity index (χ1n) is 6.51. The lowest BCUT2D eigenvalue weighted by molar-refractivity contribution is -0.387. The highest BCUT2D eigenvalue weighted by molar-refractivity contribution is 5.84. The molecule has 0 saturated carbocycles. The van der Waals surface area contributed by atoms with Gasteiger partial charge in [-0.3, -0.25) is 10.1 Å². The van der Waals surface area contributed by atoms with E-state index in [-0.39, 0.29) is 6.61 Å². The average molecular weight is 292 g/mol. The molecule has 0 bridgehead atoms. The smallest absolute Gasteiger partial charge is 0.305 e. The summed E-state index contributed by atoms with van der Waals surface area (Å²) in [4.78, 5) is 10.1. The lowest BCUT2D eigenvalue weighted by Crippen LogP contribution is -2.25. The van der Waals surface area contributed by atoms with Crippen LogP contribution in [0.25, 0.3) is 10.9 Å². The normalized spacial score (nSPS) is 11.8. The molecule has 0 spiro atoms. The number of nitrogens with zero attached hydrogens (tertiary/aromatic N) is 2. The highest BCUT2D eigenvalue weighted by Crippen LogP contribution is 2.33. The van der Waals surface area contributed by atoms with Gasteiger partial charge in [0.15, 0.2) is 0 Å². The number of allylic oxidation sites excluding steroid dienone is 1. The maximum Gasteiger partial charge on any atom is 0.305 e. The second kappa shape index (κ2) is 5.29. The molecule has 6 heteroatoms. The topological polar surface area (TPSA) is 68.3 Å².